The fourth-order valence-corrected chi connectivity index (χ4v) is 3.59. The van der Waals surface area contributed by atoms with Gasteiger partial charge in [-0.25, -0.2) is 4.98 Å². The molecular formula is C25H19N3O4. The highest BCUT2D eigenvalue weighted by molar-refractivity contribution is 6.09. The second-order valence-electron chi connectivity index (χ2n) is 7.11. The molecule has 3 aromatic carbocycles. The van der Waals surface area contributed by atoms with E-state index in [9.17, 15) is 4.79 Å². The largest absolute Gasteiger partial charge is 0.496 e. The van der Waals surface area contributed by atoms with Crippen molar-refractivity contribution in [2.75, 3.05) is 19.5 Å². The van der Waals surface area contributed by atoms with E-state index >= 15 is 0 Å². The van der Waals surface area contributed by atoms with E-state index < -0.39 is 0 Å². The van der Waals surface area contributed by atoms with Gasteiger partial charge in [0.1, 0.15) is 11.5 Å². The van der Waals surface area contributed by atoms with Crippen LogP contribution in [-0.4, -0.2) is 30.1 Å². The number of nitrogens with one attached hydrogen (secondary N) is 1. The zero-order valence-electron chi connectivity index (χ0n) is 17.5. The third-order valence-electron chi connectivity index (χ3n) is 5.17. The first-order valence-electron chi connectivity index (χ1n) is 9.94. The van der Waals surface area contributed by atoms with Gasteiger partial charge in [-0.3, -0.25) is 4.79 Å². The molecule has 32 heavy (non-hydrogen) atoms. The van der Waals surface area contributed by atoms with Gasteiger partial charge in [0.25, 0.3) is 5.91 Å². The number of aromatic nitrogens is 2. The highest BCUT2D eigenvalue weighted by Gasteiger charge is 2.18. The minimum atomic E-state index is -0.317. The summed E-state index contributed by atoms with van der Waals surface area (Å²) in [5.41, 5.74) is 2.70. The monoisotopic (exact) mass is 425 g/mol. The quantitative estimate of drug-likeness (QED) is 0.411. The Labute approximate surface area is 183 Å². The van der Waals surface area contributed by atoms with Crippen LogP contribution in [0.3, 0.4) is 0 Å². The number of amides is 1. The van der Waals surface area contributed by atoms with E-state index in [2.05, 4.69) is 15.3 Å². The van der Waals surface area contributed by atoms with Crippen molar-refractivity contribution in [2.24, 2.45) is 0 Å². The van der Waals surface area contributed by atoms with Crippen LogP contribution in [0, 0.1) is 0 Å². The third kappa shape index (κ3) is 3.50. The fraction of sp³-hybridized carbons (Fsp3) is 0.0800. The van der Waals surface area contributed by atoms with Gasteiger partial charge in [-0.2, -0.15) is 4.98 Å². The molecule has 2 aromatic heterocycles. The SMILES string of the molecule is COc1ccc(-c2nc3ncccc3o2)cc1NC(=O)c1cc2ccccc2cc1OC. The number of hydrogen-bond donors (Lipinski definition) is 1. The highest BCUT2D eigenvalue weighted by atomic mass is 16.5. The standard InChI is InChI=1S/C25H19N3O4/c1-30-20-10-9-17(25-28-23-21(32-25)8-5-11-26-23)13-19(20)27-24(29)18-12-15-6-3-4-7-16(15)14-22(18)31-2/h3-14H,1-2H3,(H,27,29). The predicted octanol–water partition coefficient (Wildman–Crippen LogP) is 5.31. The minimum absolute atomic E-state index is 0.317. The van der Waals surface area contributed by atoms with Crippen molar-refractivity contribution in [2.45, 2.75) is 0 Å². The summed E-state index contributed by atoms with van der Waals surface area (Å²) >= 11 is 0. The summed E-state index contributed by atoms with van der Waals surface area (Å²) in [6.07, 6.45) is 1.66. The van der Waals surface area contributed by atoms with Gasteiger partial charge in [-0.15, -0.1) is 0 Å². The van der Waals surface area contributed by atoms with Crippen molar-refractivity contribution >= 4 is 33.6 Å². The van der Waals surface area contributed by atoms with Crippen LogP contribution in [0.5, 0.6) is 11.5 Å². The number of hydrogen-bond acceptors (Lipinski definition) is 6. The molecule has 0 aliphatic rings. The Morgan fingerprint density at radius 1 is 0.906 bits per heavy atom. The summed E-state index contributed by atoms with van der Waals surface area (Å²) in [6, 6.07) is 20.4. The molecule has 1 amide bonds. The van der Waals surface area contributed by atoms with E-state index in [0.29, 0.717) is 45.4 Å². The van der Waals surface area contributed by atoms with Crippen LogP contribution in [0.25, 0.3) is 33.5 Å². The molecule has 7 nitrogen and oxygen atoms in total. The second-order valence-corrected chi connectivity index (χ2v) is 7.11. The Hall–Kier alpha value is -4.39. The number of rotatable bonds is 5. The molecule has 2 heterocycles. The molecular weight excluding hydrogens is 406 g/mol. The molecule has 0 bridgehead atoms. The molecule has 0 atom stereocenters. The molecule has 0 spiro atoms. The predicted molar refractivity (Wildman–Crippen MR) is 122 cm³/mol. The Morgan fingerprint density at radius 3 is 2.44 bits per heavy atom. The van der Waals surface area contributed by atoms with Gasteiger partial charge in [-0.1, -0.05) is 24.3 Å². The number of methoxy groups -OCH3 is 2. The number of pyridine rings is 1. The van der Waals surface area contributed by atoms with Gasteiger partial charge >= 0.3 is 0 Å². The van der Waals surface area contributed by atoms with Crippen LogP contribution >= 0.6 is 0 Å². The minimum Gasteiger partial charge on any atom is -0.496 e. The summed E-state index contributed by atoms with van der Waals surface area (Å²) in [5.74, 6) is 1.08. The van der Waals surface area contributed by atoms with Crippen LogP contribution < -0.4 is 14.8 Å². The third-order valence-corrected chi connectivity index (χ3v) is 5.17. The van der Waals surface area contributed by atoms with Crippen molar-refractivity contribution in [1.82, 2.24) is 9.97 Å². The number of carbonyl (C=O) groups is 1. The second kappa shape index (κ2) is 8.03. The average Bonchev–Trinajstić information content (AvgIpc) is 3.27. The number of anilines is 1. The van der Waals surface area contributed by atoms with Gasteiger partial charge < -0.3 is 19.2 Å². The Kier molecular flexibility index (Phi) is 4.91. The Balaban J connectivity index is 1.52. The van der Waals surface area contributed by atoms with Crippen LogP contribution in [-0.2, 0) is 0 Å². The molecule has 0 aliphatic carbocycles. The van der Waals surface area contributed by atoms with Crippen molar-refractivity contribution in [1.29, 1.82) is 0 Å². The molecule has 158 valence electrons. The highest BCUT2D eigenvalue weighted by Crippen LogP contribution is 2.33. The van der Waals surface area contributed by atoms with Crippen LogP contribution in [0.15, 0.2) is 77.3 Å². The van der Waals surface area contributed by atoms with Gasteiger partial charge in [-0.05, 0) is 53.2 Å². The topological polar surface area (TPSA) is 86.5 Å². The van der Waals surface area contributed by atoms with Crippen LogP contribution in [0.4, 0.5) is 5.69 Å². The lowest BCUT2D eigenvalue weighted by Gasteiger charge is -2.14. The fourth-order valence-electron chi connectivity index (χ4n) is 3.59. The summed E-state index contributed by atoms with van der Waals surface area (Å²) in [4.78, 5) is 21.8. The number of oxazole rings is 1. The van der Waals surface area contributed by atoms with Crippen LogP contribution in [0.1, 0.15) is 10.4 Å². The summed E-state index contributed by atoms with van der Waals surface area (Å²) in [6.45, 7) is 0. The summed E-state index contributed by atoms with van der Waals surface area (Å²) < 4.78 is 16.7. The lowest BCUT2D eigenvalue weighted by atomic mass is 10.0. The normalized spacial score (nSPS) is 10.9. The molecule has 0 saturated carbocycles. The molecule has 7 heteroatoms. The average molecular weight is 425 g/mol. The number of fused-ring (bicyclic) bond motifs is 2. The van der Waals surface area contributed by atoms with E-state index in [-0.39, 0.29) is 5.91 Å². The maximum Gasteiger partial charge on any atom is 0.259 e. The molecule has 0 fully saturated rings. The molecule has 5 rings (SSSR count). The Morgan fingerprint density at radius 2 is 1.69 bits per heavy atom. The van der Waals surface area contributed by atoms with E-state index in [4.69, 9.17) is 13.9 Å². The van der Waals surface area contributed by atoms with Gasteiger partial charge in [0.2, 0.25) is 5.89 Å². The van der Waals surface area contributed by atoms with Crippen molar-refractivity contribution in [3.63, 3.8) is 0 Å². The lowest BCUT2D eigenvalue weighted by Crippen LogP contribution is -2.14. The van der Waals surface area contributed by atoms with Gasteiger partial charge in [0.15, 0.2) is 11.2 Å². The van der Waals surface area contributed by atoms with E-state index in [0.717, 1.165) is 10.8 Å². The number of ether oxygens (including phenoxy) is 2. The first-order valence-corrected chi connectivity index (χ1v) is 9.94. The summed E-state index contributed by atoms with van der Waals surface area (Å²) in [5, 5.41) is 4.87. The molecule has 0 radical (unpaired) electrons. The maximum atomic E-state index is 13.2. The molecule has 0 saturated heterocycles. The van der Waals surface area contributed by atoms with Crippen molar-refractivity contribution < 1.29 is 18.7 Å². The first-order chi connectivity index (χ1) is 15.7. The van der Waals surface area contributed by atoms with E-state index in [1.54, 1.807) is 44.7 Å². The number of carbonyl (C=O) groups excluding carboxylic acids is 1. The van der Waals surface area contributed by atoms with Crippen molar-refractivity contribution in [3.8, 4) is 23.0 Å². The zero-order chi connectivity index (χ0) is 22.1. The van der Waals surface area contributed by atoms with Gasteiger partial charge in [0.05, 0.1) is 25.5 Å². The summed E-state index contributed by atoms with van der Waals surface area (Å²) in [7, 11) is 3.09. The first kappa shape index (κ1) is 19.6. The smallest absolute Gasteiger partial charge is 0.259 e. The lowest BCUT2D eigenvalue weighted by molar-refractivity contribution is 0.102. The molecule has 0 unspecified atom stereocenters. The van der Waals surface area contributed by atoms with E-state index in [1.807, 2.05) is 42.5 Å². The zero-order valence-corrected chi connectivity index (χ0v) is 17.5. The van der Waals surface area contributed by atoms with E-state index in [1.165, 1.54) is 0 Å². The molecule has 1 N–H and O–H groups in total. The number of benzene rings is 3. The Bertz CT molecular complexity index is 1430. The van der Waals surface area contributed by atoms with Crippen LogP contribution in [0.2, 0.25) is 0 Å². The molecule has 0 aliphatic heterocycles. The van der Waals surface area contributed by atoms with Crippen molar-refractivity contribution in [3.05, 3.63) is 78.5 Å². The maximum absolute atomic E-state index is 13.2. The molecule has 5 aromatic rings. The van der Waals surface area contributed by atoms with Gasteiger partial charge in [0, 0.05) is 11.8 Å². The number of nitrogens with zero attached hydrogens (tertiary/aromatic N) is 2.